The number of halogens is 2. The highest BCUT2D eigenvalue weighted by Crippen LogP contribution is 2.34. The SMILES string of the molecule is COc1c(Cl)cc(Cl)cc1S(=O)(=O)NCc1ccccn1. The van der Waals surface area contributed by atoms with Crippen molar-refractivity contribution in [3.8, 4) is 5.75 Å². The van der Waals surface area contributed by atoms with Crippen molar-refractivity contribution in [3.05, 3.63) is 52.3 Å². The average Bonchev–Trinajstić information content (AvgIpc) is 2.46. The van der Waals surface area contributed by atoms with Gasteiger partial charge in [0.05, 0.1) is 24.4 Å². The molecule has 0 bridgehead atoms. The van der Waals surface area contributed by atoms with Gasteiger partial charge in [-0.1, -0.05) is 29.3 Å². The maximum atomic E-state index is 12.4. The first kappa shape index (κ1) is 16.0. The van der Waals surface area contributed by atoms with Gasteiger partial charge in [0.1, 0.15) is 4.90 Å². The molecule has 2 aromatic rings. The molecule has 0 aliphatic rings. The number of nitrogens with zero attached hydrogens (tertiary/aromatic N) is 1. The van der Waals surface area contributed by atoms with Crippen LogP contribution in [0.1, 0.15) is 5.69 Å². The third-order valence-corrected chi connectivity index (χ3v) is 4.54. The fourth-order valence-corrected chi connectivity index (χ4v) is 3.59. The predicted molar refractivity (Wildman–Crippen MR) is 81.3 cm³/mol. The van der Waals surface area contributed by atoms with Crippen molar-refractivity contribution in [2.24, 2.45) is 0 Å². The summed E-state index contributed by atoms with van der Waals surface area (Å²) in [4.78, 5) is 3.93. The molecule has 0 spiro atoms. The fourth-order valence-electron chi connectivity index (χ4n) is 1.68. The molecule has 0 aliphatic heterocycles. The van der Waals surface area contributed by atoms with Crippen molar-refractivity contribution < 1.29 is 13.2 Å². The molecule has 0 radical (unpaired) electrons. The molecule has 1 heterocycles. The summed E-state index contributed by atoms with van der Waals surface area (Å²) in [7, 11) is -2.49. The first-order chi connectivity index (χ1) is 9.94. The summed E-state index contributed by atoms with van der Waals surface area (Å²) in [6.45, 7) is 0.0520. The van der Waals surface area contributed by atoms with Gasteiger partial charge in [0.25, 0.3) is 0 Å². The Balaban J connectivity index is 2.32. The van der Waals surface area contributed by atoms with Crippen LogP contribution in [0.4, 0.5) is 0 Å². The molecule has 0 fully saturated rings. The van der Waals surface area contributed by atoms with Crippen molar-refractivity contribution in [2.45, 2.75) is 11.4 Å². The molecule has 0 unspecified atom stereocenters. The molecule has 0 aliphatic carbocycles. The summed E-state index contributed by atoms with van der Waals surface area (Å²) >= 11 is 11.8. The van der Waals surface area contributed by atoms with Crippen LogP contribution in [0.5, 0.6) is 5.75 Å². The van der Waals surface area contributed by atoms with E-state index in [0.717, 1.165) is 0 Å². The minimum absolute atomic E-state index is 0.0505. The number of aromatic nitrogens is 1. The van der Waals surface area contributed by atoms with E-state index in [1.54, 1.807) is 24.4 Å². The second-order valence-corrected chi connectivity index (χ2v) is 6.64. The molecule has 1 aromatic heterocycles. The Morgan fingerprint density at radius 2 is 2.05 bits per heavy atom. The zero-order valence-electron chi connectivity index (χ0n) is 11.0. The van der Waals surface area contributed by atoms with Crippen LogP contribution in [0.2, 0.25) is 10.0 Å². The van der Waals surface area contributed by atoms with Gasteiger partial charge in [-0.05, 0) is 24.3 Å². The van der Waals surface area contributed by atoms with Gasteiger partial charge >= 0.3 is 0 Å². The lowest BCUT2D eigenvalue weighted by molar-refractivity contribution is 0.402. The molecular weight excluding hydrogens is 335 g/mol. The maximum absolute atomic E-state index is 12.4. The van der Waals surface area contributed by atoms with E-state index in [1.165, 1.54) is 19.2 Å². The zero-order valence-corrected chi connectivity index (χ0v) is 13.3. The van der Waals surface area contributed by atoms with E-state index in [1.807, 2.05) is 0 Å². The minimum atomic E-state index is -3.83. The summed E-state index contributed by atoms with van der Waals surface area (Å²) in [5, 5.41) is 0.335. The summed E-state index contributed by atoms with van der Waals surface area (Å²) in [6.07, 6.45) is 1.58. The smallest absolute Gasteiger partial charge is 0.244 e. The monoisotopic (exact) mass is 346 g/mol. The van der Waals surface area contributed by atoms with Gasteiger partial charge in [-0.15, -0.1) is 0 Å². The maximum Gasteiger partial charge on any atom is 0.244 e. The largest absolute Gasteiger partial charge is 0.494 e. The number of nitrogens with one attached hydrogen (secondary N) is 1. The van der Waals surface area contributed by atoms with Gasteiger partial charge in [0, 0.05) is 11.2 Å². The van der Waals surface area contributed by atoms with E-state index >= 15 is 0 Å². The molecule has 21 heavy (non-hydrogen) atoms. The van der Waals surface area contributed by atoms with Crippen molar-refractivity contribution >= 4 is 33.2 Å². The van der Waals surface area contributed by atoms with Gasteiger partial charge in [-0.2, -0.15) is 0 Å². The van der Waals surface area contributed by atoms with Crippen LogP contribution in [0.15, 0.2) is 41.4 Å². The van der Waals surface area contributed by atoms with Crippen molar-refractivity contribution in [1.29, 1.82) is 0 Å². The number of ether oxygens (including phenoxy) is 1. The first-order valence-electron chi connectivity index (χ1n) is 5.86. The summed E-state index contributed by atoms with van der Waals surface area (Å²) in [6, 6.07) is 7.93. The quantitative estimate of drug-likeness (QED) is 0.903. The molecule has 2 rings (SSSR count). The fraction of sp³-hybridized carbons (Fsp3) is 0.154. The van der Waals surface area contributed by atoms with Gasteiger partial charge < -0.3 is 4.74 Å². The Morgan fingerprint density at radius 3 is 2.67 bits per heavy atom. The lowest BCUT2D eigenvalue weighted by Crippen LogP contribution is -2.24. The molecule has 5 nitrogen and oxygen atoms in total. The summed E-state index contributed by atoms with van der Waals surface area (Å²) in [5.74, 6) is 0.0505. The molecule has 1 N–H and O–H groups in total. The lowest BCUT2D eigenvalue weighted by atomic mass is 10.3. The van der Waals surface area contributed by atoms with Crippen LogP contribution in [-0.4, -0.2) is 20.5 Å². The van der Waals surface area contributed by atoms with E-state index in [4.69, 9.17) is 27.9 Å². The molecule has 8 heteroatoms. The number of hydrogen-bond donors (Lipinski definition) is 1. The van der Waals surface area contributed by atoms with Gasteiger partial charge in [-0.3, -0.25) is 4.98 Å². The number of hydrogen-bond acceptors (Lipinski definition) is 4. The molecule has 0 saturated heterocycles. The minimum Gasteiger partial charge on any atom is -0.494 e. The third kappa shape index (κ3) is 3.85. The van der Waals surface area contributed by atoms with Crippen molar-refractivity contribution in [2.75, 3.05) is 7.11 Å². The molecule has 0 atom stereocenters. The topological polar surface area (TPSA) is 68.3 Å². The zero-order chi connectivity index (χ0) is 15.5. The number of pyridine rings is 1. The molecular formula is C13H12Cl2N2O3S. The van der Waals surface area contributed by atoms with Crippen molar-refractivity contribution in [1.82, 2.24) is 9.71 Å². The average molecular weight is 347 g/mol. The van der Waals surface area contributed by atoms with E-state index in [2.05, 4.69) is 9.71 Å². The highest BCUT2D eigenvalue weighted by molar-refractivity contribution is 7.89. The predicted octanol–water partition coefficient (Wildman–Crippen LogP) is 2.88. The van der Waals surface area contributed by atoms with E-state index in [0.29, 0.717) is 5.69 Å². The van der Waals surface area contributed by atoms with E-state index in [9.17, 15) is 8.42 Å². The molecule has 112 valence electrons. The van der Waals surface area contributed by atoms with Gasteiger partial charge in [0.15, 0.2) is 5.75 Å². The van der Waals surface area contributed by atoms with Crippen LogP contribution < -0.4 is 9.46 Å². The van der Waals surface area contributed by atoms with Crippen LogP contribution in [0.25, 0.3) is 0 Å². The number of benzene rings is 1. The molecule has 1 aromatic carbocycles. The van der Waals surface area contributed by atoms with Gasteiger partial charge in [0.2, 0.25) is 10.0 Å². The first-order valence-corrected chi connectivity index (χ1v) is 8.10. The second kappa shape index (κ2) is 6.62. The number of rotatable bonds is 5. The van der Waals surface area contributed by atoms with Crippen molar-refractivity contribution in [3.63, 3.8) is 0 Å². The lowest BCUT2D eigenvalue weighted by Gasteiger charge is -2.12. The summed E-state index contributed by atoms with van der Waals surface area (Å²) < 4.78 is 32.2. The Kier molecular flexibility index (Phi) is 5.05. The van der Waals surface area contributed by atoms with Gasteiger partial charge in [-0.25, -0.2) is 13.1 Å². The Hall–Kier alpha value is -1.34. The Labute approximate surface area is 132 Å². The Morgan fingerprint density at radius 1 is 1.29 bits per heavy atom. The molecule has 0 saturated carbocycles. The summed E-state index contributed by atoms with van der Waals surface area (Å²) in [5.41, 5.74) is 0.591. The van der Waals surface area contributed by atoms with Crippen LogP contribution in [-0.2, 0) is 16.6 Å². The van der Waals surface area contributed by atoms with E-state index in [-0.39, 0.29) is 27.2 Å². The highest BCUT2D eigenvalue weighted by Gasteiger charge is 2.22. The Bertz CT molecular complexity index is 737. The number of sulfonamides is 1. The second-order valence-electron chi connectivity index (χ2n) is 4.06. The standard InChI is InChI=1S/C13H12Cl2N2O3S/c1-20-13-11(15)6-9(14)7-12(13)21(18,19)17-8-10-4-2-3-5-16-10/h2-7,17H,8H2,1H3. The van der Waals surface area contributed by atoms with E-state index < -0.39 is 10.0 Å². The van der Waals surface area contributed by atoms with Crippen LogP contribution >= 0.6 is 23.2 Å². The van der Waals surface area contributed by atoms with Crippen LogP contribution in [0.3, 0.4) is 0 Å². The third-order valence-electron chi connectivity index (χ3n) is 2.64. The number of methoxy groups -OCH3 is 1. The molecule has 0 amide bonds. The highest BCUT2D eigenvalue weighted by atomic mass is 35.5. The normalized spacial score (nSPS) is 11.4. The van der Waals surface area contributed by atoms with Crippen LogP contribution in [0, 0.1) is 0 Å².